The molecule has 1 N–H and O–H groups in total. The summed E-state index contributed by atoms with van der Waals surface area (Å²) in [7, 11) is 0. The second-order valence-corrected chi connectivity index (χ2v) is 3.94. The molecule has 82 valence electrons. The molecule has 0 aliphatic rings. The summed E-state index contributed by atoms with van der Waals surface area (Å²) in [5.41, 5.74) is 3.20. The standard InChI is InChI=1S/C12H13N3S/c1-2-4-10-11(14-8-15-12(10)16)9-5-3-6-13-7-9/h3,5-8H,2,4H2,1H3,(H,14,15,16). The SMILES string of the molecule is CCCc1c(-c2cccnc2)[nH]cnc1=S. The van der Waals surface area contributed by atoms with Crippen LogP contribution in [0.5, 0.6) is 0 Å². The van der Waals surface area contributed by atoms with Gasteiger partial charge in [-0.05, 0) is 18.6 Å². The summed E-state index contributed by atoms with van der Waals surface area (Å²) in [5, 5.41) is 0. The minimum Gasteiger partial charge on any atom is -0.345 e. The molecule has 0 radical (unpaired) electrons. The fourth-order valence-corrected chi connectivity index (χ4v) is 1.93. The van der Waals surface area contributed by atoms with E-state index in [9.17, 15) is 0 Å². The molecule has 0 saturated heterocycles. The number of hydrogen-bond acceptors (Lipinski definition) is 3. The van der Waals surface area contributed by atoms with E-state index >= 15 is 0 Å². The van der Waals surface area contributed by atoms with Gasteiger partial charge in [-0.25, -0.2) is 4.98 Å². The molecular weight excluding hydrogens is 218 g/mol. The van der Waals surface area contributed by atoms with E-state index in [0.29, 0.717) is 4.64 Å². The second-order valence-electron chi connectivity index (χ2n) is 3.55. The van der Waals surface area contributed by atoms with Crippen LogP contribution in [-0.2, 0) is 6.42 Å². The van der Waals surface area contributed by atoms with E-state index in [1.807, 2.05) is 18.3 Å². The molecule has 0 aromatic carbocycles. The molecule has 0 amide bonds. The predicted octanol–water partition coefficient (Wildman–Crippen LogP) is 3.15. The average Bonchev–Trinajstić information content (AvgIpc) is 2.33. The Kier molecular flexibility index (Phi) is 3.41. The number of rotatable bonds is 3. The van der Waals surface area contributed by atoms with Gasteiger partial charge in [0.15, 0.2) is 0 Å². The van der Waals surface area contributed by atoms with Crippen LogP contribution in [0.3, 0.4) is 0 Å². The van der Waals surface area contributed by atoms with Crippen molar-refractivity contribution in [1.29, 1.82) is 0 Å². The zero-order valence-corrected chi connectivity index (χ0v) is 9.92. The molecular formula is C12H13N3S. The zero-order chi connectivity index (χ0) is 11.4. The van der Waals surface area contributed by atoms with E-state index in [1.165, 1.54) is 0 Å². The van der Waals surface area contributed by atoms with Crippen LogP contribution in [0, 0.1) is 4.64 Å². The molecule has 16 heavy (non-hydrogen) atoms. The molecule has 0 aliphatic carbocycles. The molecule has 0 bridgehead atoms. The van der Waals surface area contributed by atoms with Crippen LogP contribution in [0.15, 0.2) is 30.9 Å². The van der Waals surface area contributed by atoms with Gasteiger partial charge in [-0.3, -0.25) is 4.98 Å². The van der Waals surface area contributed by atoms with Gasteiger partial charge in [0.05, 0.1) is 12.0 Å². The molecule has 2 heterocycles. The molecule has 0 unspecified atom stereocenters. The van der Waals surface area contributed by atoms with Crippen LogP contribution in [0.2, 0.25) is 0 Å². The largest absolute Gasteiger partial charge is 0.345 e. The van der Waals surface area contributed by atoms with Crippen molar-refractivity contribution in [3.63, 3.8) is 0 Å². The van der Waals surface area contributed by atoms with Gasteiger partial charge in [-0.15, -0.1) is 0 Å². The smallest absolute Gasteiger partial charge is 0.133 e. The Bertz CT molecular complexity index is 519. The van der Waals surface area contributed by atoms with Crippen LogP contribution < -0.4 is 0 Å². The maximum atomic E-state index is 5.25. The van der Waals surface area contributed by atoms with Crippen molar-refractivity contribution >= 4 is 12.2 Å². The van der Waals surface area contributed by atoms with Crippen molar-refractivity contribution in [2.75, 3.05) is 0 Å². The number of aromatic amines is 1. The number of H-pyrrole nitrogens is 1. The highest BCUT2D eigenvalue weighted by atomic mass is 32.1. The Labute approximate surface area is 99.6 Å². The van der Waals surface area contributed by atoms with Gasteiger partial charge in [-0.1, -0.05) is 25.6 Å². The number of hydrogen-bond donors (Lipinski definition) is 1. The monoisotopic (exact) mass is 231 g/mol. The zero-order valence-electron chi connectivity index (χ0n) is 9.10. The Morgan fingerprint density at radius 2 is 2.31 bits per heavy atom. The van der Waals surface area contributed by atoms with Gasteiger partial charge in [0.1, 0.15) is 4.64 Å². The van der Waals surface area contributed by atoms with E-state index < -0.39 is 0 Å². The average molecular weight is 231 g/mol. The second kappa shape index (κ2) is 4.99. The van der Waals surface area contributed by atoms with Crippen LogP contribution in [-0.4, -0.2) is 15.0 Å². The third-order valence-corrected chi connectivity index (χ3v) is 2.75. The number of pyridine rings is 1. The van der Waals surface area contributed by atoms with Crippen LogP contribution in [0.1, 0.15) is 18.9 Å². The van der Waals surface area contributed by atoms with Gasteiger partial charge in [0, 0.05) is 23.5 Å². The molecule has 2 aromatic heterocycles. The van der Waals surface area contributed by atoms with E-state index in [1.54, 1.807) is 12.5 Å². The third kappa shape index (κ3) is 2.17. The quantitative estimate of drug-likeness (QED) is 0.825. The predicted molar refractivity (Wildman–Crippen MR) is 66.6 cm³/mol. The highest BCUT2D eigenvalue weighted by molar-refractivity contribution is 7.71. The van der Waals surface area contributed by atoms with Crippen molar-refractivity contribution in [2.24, 2.45) is 0 Å². The topological polar surface area (TPSA) is 41.6 Å². The Morgan fingerprint density at radius 3 is 3.00 bits per heavy atom. The molecule has 0 fully saturated rings. The Balaban J connectivity index is 2.57. The molecule has 0 atom stereocenters. The van der Waals surface area contributed by atoms with Gasteiger partial charge in [0.25, 0.3) is 0 Å². The van der Waals surface area contributed by atoms with Crippen molar-refractivity contribution in [3.05, 3.63) is 41.1 Å². The van der Waals surface area contributed by atoms with Crippen LogP contribution in [0.25, 0.3) is 11.3 Å². The summed E-state index contributed by atoms with van der Waals surface area (Å²) < 4.78 is 0.680. The lowest BCUT2D eigenvalue weighted by Crippen LogP contribution is -1.96. The van der Waals surface area contributed by atoms with Crippen molar-refractivity contribution < 1.29 is 0 Å². The summed E-state index contributed by atoms with van der Waals surface area (Å²) >= 11 is 5.25. The minimum atomic E-state index is 0.680. The first-order valence-electron chi connectivity index (χ1n) is 5.30. The number of nitrogens with zero attached hydrogens (tertiary/aromatic N) is 2. The molecule has 3 nitrogen and oxygen atoms in total. The Hall–Kier alpha value is -1.55. The fraction of sp³-hybridized carbons (Fsp3) is 0.250. The van der Waals surface area contributed by atoms with E-state index in [2.05, 4.69) is 21.9 Å². The van der Waals surface area contributed by atoms with Crippen molar-refractivity contribution in [2.45, 2.75) is 19.8 Å². The first-order valence-corrected chi connectivity index (χ1v) is 5.70. The highest BCUT2D eigenvalue weighted by Crippen LogP contribution is 2.21. The summed E-state index contributed by atoms with van der Waals surface area (Å²) in [6, 6.07) is 3.94. The normalized spacial score (nSPS) is 10.3. The maximum Gasteiger partial charge on any atom is 0.133 e. The van der Waals surface area contributed by atoms with Crippen LogP contribution in [0.4, 0.5) is 0 Å². The lowest BCUT2D eigenvalue weighted by Gasteiger charge is -2.07. The molecule has 2 aromatic rings. The number of nitrogens with one attached hydrogen (secondary N) is 1. The highest BCUT2D eigenvalue weighted by Gasteiger charge is 2.06. The first-order chi connectivity index (χ1) is 7.83. The van der Waals surface area contributed by atoms with E-state index in [4.69, 9.17) is 12.2 Å². The molecule has 0 saturated carbocycles. The van der Waals surface area contributed by atoms with Gasteiger partial charge < -0.3 is 4.98 Å². The van der Waals surface area contributed by atoms with Crippen molar-refractivity contribution in [3.8, 4) is 11.3 Å². The van der Waals surface area contributed by atoms with Crippen LogP contribution >= 0.6 is 12.2 Å². The maximum absolute atomic E-state index is 5.25. The summed E-state index contributed by atoms with van der Waals surface area (Å²) in [6.07, 6.45) is 7.23. The van der Waals surface area contributed by atoms with Crippen molar-refractivity contribution in [1.82, 2.24) is 15.0 Å². The van der Waals surface area contributed by atoms with E-state index in [0.717, 1.165) is 29.7 Å². The fourth-order valence-electron chi connectivity index (χ4n) is 1.68. The minimum absolute atomic E-state index is 0.680. The third-order valence-electron chi connectivity index (χ3n) is 2.40. The lowest BCUT2D eigenvalue weighted by atomic mass is 10.1. The van der Waals surface area contributed by atoms with Gasteiger partial charge >= 0.3 is 0 Å². The molecule has 4 heteroatoms. The first kappa shape index (κ1) is 11.0. The Morgan fingerprint density at radius 1 is 1.44 bits per heavy atom. The summed E-state index contributed by atoms with van der Waals surface area (Å²) in [4.78, 5) is 11.4. The molecule has 0 spiro atoms. The summed E-state index contributed by atoms with van der Waals surface area (Å²) in [5.74, 6) is 0. The number of aromatic nitrogens is 3. The van der Waals surface area contributed by atoms with E-state index in [-0.39, 0.29) is 0 Å². The van der Waals surface area contributed by atoms with Gasteiger partial charge in [-0.2, -0.15) is 0 Å². The molecule has 0 aliphatic heterocycles. The lowest BCUT2D eigenvalue weighted by molar-refractivity contribution is 0.898. The van der Waals surface area contributed by atoms with Gasteiger partial charge in [0.2, 0.25) is 0 Å². The molecule has 2 rings (SSSR count). The summed E-state index contributed by atoms with van der Waals surface area (Å²) in [6.45, 7) is 2.13.